The zero-order valence-electron chi connectivity index (χ0n) is 12.0. The second-order valence-corrected chi connectivity index (χ2v) is 4.79. The summed E-state index contributed by atoms with van der Waals surface area (Å²) in [7, 11) is 1.34. The lowest BCUT2D eigenvalue weighted by molar-refractivity contribution is 0.0562. The van der Waals surface area contributed by atoms with Crippen molar-refractivity contribution < 1.29 is 13.9 Å². The average molecular weight is 273 g/mol. The molecule has 0 saturated heterocycles. The molecule has 0 spiro atoms. The number of rotatable bonds is 5. The first-order chi connectivity index (χ1) is 9.60. The minimum Gasteiger partial charge on any atom is -0.463 e. The molecule has 1 aromatic carbocycles. The van der Waals surface area contributed by atoms with Crippen molar-refractivity contribution in [3.63, 3.8) is 0 Å². The second kappa shape index (κ2) is 6.39. The van der Waals surface area contributed by atoms with E-state index in [4.69, 9.17) is 4.42 Å². The Labute approximate surface area is 118 Å². The van der Waals surface area contributed by atoms with Crippen molar-refractivity contribution in [1.82, 2.24) is 5.32 Å². The van der Waals surface area contributed by atoms with E-state index in [9.17, 15) is 4.79 Å². The van der Waals surface area contributed by atoms with Gasteiger partial charge in [0.05, 0.1) is 13.2 Å². The van der Waals surface area contributed by atoms with E-state index in [-0.39, 0.29) is 11.8 Å². The lowest BCUT2D eigenvalue weighted by Crippen LogP contribution is -2.17. The highest BCUT2D eigenvalue weighted by Crippen LogP contribution is 2.17. The summed E-state index contributed by atoms with van der Waals surface area (Å²) in [5.41, 5.74) is 2.46. The minimum absolute atomic E-state index is 0.0221. The summed E-state index contributed by atoms with van der Waals surface area (Å²) in [5, 5.41) is 3.37. The highest BCUT2D eigenvalue weighted by Gasteiger charge is 2.14. The molecule has 4 heteroatoms. The maximum atomic E-state index is 11.3. The van der Waals surface area contributed by atoms with E-state index < -0.39 is 5.97 Å². The van der Waals surface area contributed by atoms with Crippen LogP contribution in [0, 0.1) is 6.92 Å². The van der Waals surface area contributed by atoms with Crippen LogP contribution in [0.5, 0.6) is 0 Å². The van der Waals surface area contributed by atoms with Crippen molar-refractivity contribution >= 4 is 5.97 Å². The first-order valence-corrected chi connectivity index (χ1v) is 6.57. The van der Waals surface area contributed by atoms with Gasteiger partial charge in [0.2, 0.25) is 5.76 Å². The number of hydrogen-bond donors (Lipinski definition) is 1. The summed E-state index contributed by atoms with van der Waals surface area (Å²) in [6, 6.07) is 11.8. The van der Waals surface area contributed by atoms with E-state index in [1.807, 2.05) is 13.0 Å². The Balaban J connectivity index is 1.96. The van der Waals surface area contributed by atoms with E-state index in [1.54, 1.807) is 12.1 Å². The Hall–Kier alpha value is -2.07. The van der Waals surface area contributed by atoms with Crippen molar-refractivity contribution in [2.75, 3.05) is 7.11 Å². The zero-order valence-corrected chi connectivity index (χ0v) is 12.0. The Morgan fingerprint density at radius 3 is 2.85 bits per heavy atom. The standard InChI is InChI=1S/C16H19NO3/c1-11-5-4-6-13(9-11)10-17-12(2)14-7-8-15(20-14)16(18)19-3/h4-9,12,17H,10H2,1-3H3. The van der Waals surface area contributed by atoms with Gasteiger partial charge in [0, 0.05) is 6.54 Å². The van der Waals surface area contributed by atoms with Crippen molar-refractivity contribution in [3.05, 3.63) is 59.0 Å². The Morgan fingerprint density at radius 2 is 2.15 bits per heavy atom. The van der Waals surface area contributed by atoms with Gasteiger partial charge in [-0.2, -0.15) is 0 Å². The summed E-state index contributed by atoms with van der Waals surface area (Å²) in [4.78, 5) is 11.3. The van der Waals surface area contributed by atoms with Gasteiger partial charge in [-0.1, -0.05) is 29.8 Å². The number of benzene rings is 1. The minimum atomic E-state index is -0.456. The molecule has 0 amide bonds. The summed E-state index contributed by atoms with van der Waals surface area (Å²) >= 11 is 0. The van der Waals surface area contributed by atoms with Crippen LogP contribution in [0.15, 0.2) is 40.8 Å². The third-order valence-electron chi connectivity index (χ3n) is 3.13. The van der Waals surface area contributed by atoms with Crippen molar-refractivity contribution in [2.45, 2.75) is 26.4 Å². The Morgan fingerprint density at radius 1 is 1.35 bits per heavy atom. The lowest BCUT2D eigenvalue weighted by Gasteiger charge is -2.11. The van der Waals surface area contributed by atoms with Crippen LogP contribution in [0.2, 0.25) is 0 Å². The lowest BCUT2D eigenvalue weighted by atomic mass is 10.1. The SMILES string of the molecule is COC(=O)c1ccc(C(C)NCc2cccc(C)c2)o1. The zero-order chi connectivity index (χ0) is 14.5. The van der Waals surface area contributed by atoms with Crippen molar-refractivity contribution in [1.29, 1.82) is 0 Å². The molecule has 1 unspecified atom stereocenters. The van der Waals surface area contributed by atoms with E-state index >= 15 is 0 Å². The maximum absolute atomic E-state index is 11.3. The molecule has 2 aromatic rings. The fourth-order valence-electron chi connectivity index (χ4n) is 1.99. The van der Waals surface area contributed by atoms with Gasteiger partial charge in [-0.15, -0.1) is 0 Å². The molecule has 0 aliphatic rings. The number of carbonyl (C=O) groups is 1. The molecule has 1 heterocycles. The van der Waals surface area contributed by atoms with Gasteiger partial charge in [0.1, 0.15) is 5.76 Å². The summed E-state index contributed by atoms with van der Waals surface area (Å²) in [5.74, 6) is 0.492. The highest BCUT2D eigenvalue weighted by atomic mass is 16.5. The third kappa shape index (κ3) is 3.48. The molecular weight excluding hydrogens is 254 g/mol. The summed E-state index contributed by atoms with van der Waals surface area (Å²) in [6.07, 6.45) is 0. The van der Waals surface area contributed by atoms with Crippen LogP contribution in [0.3, 0.4) is 0 Å². The smallest absolute Gasteiger partial charge is 0.373 e. The van der Waals surface area contributed by atoms with Gasteiger partial charge >= 0.3 is 5.97 Å². The third-order valence-corrected chi connectivity index (χ3v) is 3.13. The number of aryl methyl sites for hydroxylation is 1. The number of methoxy groups -OCH3 is 1. The van der Waals surface area contributed by atoms with Gasteiger partial charge < -0.3 is 14.5 Å². The molecule has 0 saturated carbocycles. The predicted molar refractivity (Wildman–Crippen MR) is 76.5 cm³/mol. The molecule has 0 fully saturated rings. The topological polar surface area (TPSA) is 51.5 Å². The highest BCUT2D eigenvalue weighted by molar-refractivity contribution is 5.86. The number of furan rings is 1. The first-order valence-electron chi connectivity index (χ1n) is 6.57. The van der Waals surface area contributed by atoms with Crippen molar-refractivity contribution in [2.24, 2.45) is 0 Å². The van der Waals surface area contributed by atoms with Gasteiger partial charge in [-0.05, 0) is 31.5 Å². The van der Waals surface area contributed by atoms with E-state index in [0.717, 1.165) is 12.3 Å². The maximum Gasteiger partial charge on any atom is 0.373 e. The number of hydrogen-bond acceptors (Lipinski definition) is 4. The monoisotopic (exact) mass is 273 g/mol. The number of esters is 1. The molecule has 0 aliphatic carbocycles. The van der Waals surface area contributed by atoms with Crippen LogP contribution in [0.25, 0.3) is 0 Å². The molecule has 1 atom stereocenters. The van der Waals surface area contributed by atoms with Gasteiger partial charge in [-0.25, -0.2) is 4.79 Å². The average Bonchev–Trinajstić information content (AvgIpc) is 2.94. The summed E-state index contributed by atoms with van der Waals surface area (Å²) in [6.45, 7) is 4.81. The number of nitrogens with one attached hydrogen (secondary N) is 1. The second-order valence-electron chi connectivity index (χ2n) is 4.79. The molecule has 0 radical (unpaired) electrons. The van der Waals surface area contributed by atoms with Crippen LogP contribution in [0.4, 0.5) is 0 Å². The molecule has 1 aromatic heterocycles. The number of ether oxygens (including phenoxy) is 1. The van der Waals surface area contributed by atoms with E-state index in [1.165, 1.54) is 18.2 Å². The van der Waals surface area contributed by atoms with E-state index in [0.29, 0.717) is 0 Å². The Bertz CT molecular complexity index is 589. The molecule has 1 N–H and O–H groups in total. The van der Waals surface area contributed by atoms with Gasteiger partial charge in [0.25, 0.3) is 0 Å². The van der Waals surface area contributed by atoms with Crippen LogP contribution in [-0.2, 0) is 11.3 Å². The van der Waals surface area contributed by atoms with Crippen LogP contribution >= 0.6 is 0 Å². The normalized spacial score (nSPS) is 12.2. The van der Waals surface area contributed by atoms with Crippen LogP contribution < -0.4 is 5.32 Å². The predicted octanol–water partition coefficient (Wildman–Crippen LogP) is 3.23. The van der Waals surface area contributed by atoms with Gasteiger partial charge in [-0.3, -0.25) is 0 Å². The van der Waals surface area contributed by atoms with Crippen LogP contribution in [-0.4, -0.2) is 13.1 Å². The first kappa shape index (κ1) is 14.3. The molecule has 2 rings (SSSR count). The van der Waals surface area contributed by atoms with Crippen LogP contribution in [0.1, 0.15) is 40.4 Å². The van der Waals surface area contributed by atoms with Gasteiger partial charge in [0.15, 0.2) is 0 Å². The Kier molecular flexibility index (Phi) is 4.58. The van der Waals surface area contributed by atoms with Crippen molar-refractivity contribution in [3.8, 4) is 0 Å². The molecule has 106 valence electrons. The fourth-order valence-corrected chi connectivity index (χ4v) is 1.99. The molecule has 0 bridgehead atoms. The quantitative estimate of drug-likeness (QED) is 0.850. The largest absolute Gasteiger partial charge is 0.463 e. The molecular formula is C16H19NO3. The number of carbonyl (C=O) groups excluding carboxylic acids is 1. The molecule has 0 aliphatic heterocycles. The van der Waals surface area contributed by atoms with E-state index in [2.05, 4.69) is 35.2 Å². The molecule has 20 heavy (non-hydrogen) atoms. The fraction of sp³-hybridized carbons (Fsp3) is 0.312. The summed E-state index contributed by atoms with van der Waals surface area (Å²) < 4.78 is 10.1. The molecule has 4 nitrogen and oxygen atoms in total.